The molecule has 7 nitrogen and oxygen atoms in total. The van der Waals surface area contributed by atoms with E-state index in [-0.39, 0.29) is 19.8 Å². The summed E-state index contributed by atoms with van der Waals surface area (Å²) in [6.45, 7) is 0.0327. The van der Waals surface area contributed by atoms with Gasteiger partial charge in [-0.3, -0.25) is 4.79 Å². The third-order valence-corrected chi connectivity index (χ3v) is 4.75. The van der Waals surface area contributed by atoms with E-state index < -0.39 is 32.8 Å². The average Bonchev–Trinajstić information content (AvgIpc) is 2.46. The number of nitrogens with zero attached hydrogens (tertiary/aromatic N) is 2. The molecule has 0 spiro atoms. The van der Waals surface area contributed by atoms with Crippen molar-refractivity contribution in [3.63, 3.8) is 0 Å². The number of pyridine rings is 1. The fourth-order valence-electron chi connectivity index (χ4n) is 1.92. The SMILES string of the molecule is CNC(=O)C1COCCN1S(=O)(=O)c1ncccc1F. The topological polar surface area (TPSA) is 88.6 Å². The smallest absolute Gasteiger partial charge is 0.264 e. The average molecular weight is 303 g/mol. The molecule has 1 aromatic rings. The van der Waals surface area contributed by atoms with Crippen molar-refractivity contribution in [3.05, 3.63) is 24.1 Å². The summed E-state index contributed by atoms with van der Waals surface area (Å²) in [5, 5.41) is 1.68. The fourth-order valence-corrected chi connectivity index (χ4v) is 3.46. The number of aromatic nitrogens is 1. The molecule has 0 saturated carbocycles. The van der Waals surface area contributed by atoms with E-state index in [1.54, 1.807) is 0 Å². The summed E-state index contributed by atoms with van der Waals surface area (Å²) < 4.78 is 44.5. The third-order valence-electron chi connectivity index (χ3n) is 2.91. The number of rotatable bonds is 3. The number of halogens is 1. The van der Waals surface area contributed by atoms with Gasteiger partial charge in [-0.05, 0) is 12.1 Å². The molecule has 1 unspecified atom stereocenters. The van der Waals surface area contributed by atoms with E-state index in [2.05, 4.69) is 10.3 Å². The van der Waals surface area contributed by atoms with E-state index >= 15 is 0 Å². The predicted octanol–water partition coefficient (Wildman–Crippen LogP) is -0.644. The van der Waals surface area contributed by atoms with Gasteiger partial charge < -0.3 is 10.1 Å². The molecular formula is C11H14FN3O4S. The molecule has 1 fully saturated rings. The van der Waals surface area contributed by atoms with E-state index in [9.17, 15) is 17.6 Å². The highest BCUT2D eigenvalue weighted by Crippen LogP contribution is 2.21. The maximum Gasteiger partial charge on any atom is 0.264 e. The molecule has 0 aromatic carbocycles. The normalized spacial score (nSPS) is 20.6. The Balaban J connectivity index is 2.41. The Morgan fingerprint density at radius 1 is 1.60 bits per heavy atom. The number of morpholine rings is 1. The minimum absolute atomic E-state index is 0.0313. The van der Waals surface area contributed by atoms with Crippen LogP contribution in [-0.4, -0.2) is 56.5 Å². The zero-order valence-electron chi connectivity index (χ0n) is 10.7. The van der Waals surface area contributed by atoms with Gasteiger partial charge in [-0.15, -0.1) is 0 Å². The lowest BCUT2D eigenvalue weighted by atomic mass is 10.2. The van der Waals surface area contributed by atoms with Crippen LogP contribution in [0.15, 0.2) is 23.4 Å². The summed E-state index contributed by atoms with van der Waals surface area (Å²) in [7, 11) is -2.80. The van der Waals surface area contributed by atoms with Gasteiger partial charge in [-0.1, -0.05) is 0 Å². The first-order valence-electron chi connectivity index (χ1n) is 5.90. The van der Waals surface area contributed by atoms with Crippen LogP contribution >= 0.6 is 0 Å². The van der Waals surface area contributed by atoms with Crippen molar-refractivity contribution in [3.8, 4) is 0 Å². The number of amides is 1. The van der Waals surface area contributed by atoms with Crippen LogP contribution in [0.2, 0.25) is 0 Å². The first kappa shape index (κ1) is 14.8. The van der Waals surface area contributed by atoms with Crippen molar-refractivity contribution < 1.29 is 22.3 Å². The molecule has 1 aromatic heterocycles. The lowest BCUT2D eigenvalue weighted by Crippen LogP contribution is -2.55. The summed E-state index contributed by atoms with van der Waals surface area (Å²) >= 11 is 0. The third kappa shape index (κ3) is 2.65. The second kappa shape index (κ2) is 5.81. The monoisotopic (exact) mass is 303 g/mol. The van der Waals surface area contributed by atoms with E-state index in [0.717, 1.165) is 10.4 Å². The molecule has 2 heterocycles. The Hall–Kier alpha value is -1.58. The molecule has 110 valence electrons. The molecule has 0 radical (unpaired) electrons. The van der Waals surface area contributed by atoms with Gasteiger partial charge in [0.05, 0.1) is 13.2 Å². The van der Waals surface area contributed by atoms with E-state index in [0.29, 0.717) is 0 Å². The minimum atomic E-state index is -4.19. The summed E-state index contributed by atoms with van der Waals surface area (Å²) in [5.74, 6) is -1.46. The van der Waals surface area contributed by atoms with Crippen LogP contribution in [0.4, 0.5) is 4.39 Å². The molecule has 1 saturated heterocycles. The van der Waals surface area contributed by atoms with Crippen molar-refractivity contribution in [2.45, 2.75) is 11.1 Å². The molecule has 1 aliphatic rings. The van der Waals surface area contributed by atoms with Crippen LogP contribution in [0.1, 0.15) is 0 Å². The zero-order chi connectivity index (χ0) is 14.8. The molecule has 1 N–H and O–H groups in total. The highest BCUT2D eigenvalue weighted by Gasteiger charge is 2.39. The quantitative estimate of drug-likeness (QED) is 0.802. The van der Waals surface area contributed by atoms with Crippen molar-refractivity contribution in [2.75, 3.05) is 26.8 Å². The zero-order valence-corrected chi connectivity index (χ0v) is 11.6. The van der Waals surface area contributed by atoms with Gasteiger partial charge in [0.15, 0.2) is 5.82 Å². The Morgan fingerprint density at radius 3 is 3.00 bits per heavy atom. The van der Waals surface area contributed by atoms with Gasteiger partial charge in [0.2, 0.25) is 10.9 Å². The van der Waals surface area contributed by atoms with Gasteiger partial charge >= 0.3 is 0 Å². The highest BCUT2D eigenvalue weighted by molar-refractivity contribution is 7.89. The molecule has 0 bridgehead atoms. The van der Waals surface area contributed by atoms with Gasteiger partial charge in [0.25, 0.3) is 10.0 Å². The highest BCUT2D eigenvalue weighted by atomic mass is 32.2. The van der Waals surface area contributed by atoms with Crippen molar-refractivity contribution in [1.29, 1.82) is 0 Å². The summed E-state index contributed by atoms with van der Waals surface area (Å²) in [6.07, 6.45) is 1.19. The first-order valence-corrected chi connectivity index (χ1v) is 7.34. The van der Waals surface area contributed by atoms with Gasteiger partial charge in [-0.25, -0.2) is 17.8 Å². The van der Waals surface area contributed by atoms with Crippen LogP contribution in [0, 0.1) is 5.82 Å². The lowest BCUT2D eigenvalue weighted by Gasteiger charge is -2.32. The van der Waals surface area contributed by atoms with Crippen LogP contribution in [0.3, 0.4) is 0 Å². The molecule has 2 rings (SSSR count). The minimum Gasteiger partial charge on any atom is -0.378 e. The summed E-state index contributed by atoms with van der Waals surface area (Å²) in [4.78, 5) is 15.3. The standard InChI is InChI=1S/C11H14FN3O4S/c1-13-10(16)9-7-19-6-5-15(9)20(17,18)11-8(12)3-2-4-14-11/h2-4,9H,5-7H2,1H3,(H,13,16). The Morgan fingerprint density at radius 2 is 2.35 bits per heavy atom. The number of hydrogen-bond acceptors (Lipinski definition) is 5. The summed E-state index contributed by atoms with van der Waals surface area (Å²) in [5.41, 5.74) is 0. The Bertz CT molecular complexity index is 607. The van der Waals surface area contributed by atoms with Crippen LogP contribution < -0.4 is 5.32 Å². The number of sulfonamides is 1. The number of hydrogen-bond donors (Lipinski definition) is 1. The Kier molecular flexibility index (Phi) is 4.31. The number of carbonyl (C=O) groups is 1. The summed E-state index contributed by atoms with van der Waals surface area (Å²) in [6, 6.07) is 1.28. The second-order valence-corrected chi connectivity index (χ2v) is 5.92. The molecule has 1 aliphatic heterocycles. The van der Waals surface area contributed by atoms with E-state index in [1.807, 2.05) is 0 Å². The fraction of sp³-hybridized carbons (Fsp3) is 0.455. The molecule has 1 amide bonds. The molecule has 9 heteroatoms. The van der Waals surface area contributed by atoms with E-state index in [1.165, 1.54) is 19.3 Å². The van der Waals surface area contributed by atoms with E-state index in [4.69, 9.17) is 4.74 Å². The second-order valence-electron chi connectivity index (χ2n) is 4.11. The van der Waals surface area contributed by atoms with Crippen molar-refractivity contribution in [2.24, 2.45) is 0 Å². The number of carbonyl (C=O) groups excluding carboxylic acids is 1. The lowest BCUT2D eigenvalue weighted by molar-refractivity contribution is -0.128. The van der Waals surface area contributed by atoms with Gasteiger partial charge in [0.1, 0.15) is 6.04 Å². The maximum absolute atomic E-state index is 13.7. The van der Waals surface area contributed by atoms with Crippen LogP contribution in [-0.2, 0) is 19.6 Å². The van der Waals surface area contributed by atoms with Gasteiger partial charge in [-0.2, -0.15) is 4.31 Å². The van der Waals surface area contributed by atoms with Crippen molar-refractivity contribution in [1.82, 2.24) is 14.6 Å². The largest absolute Gasteiger partial charge is 0.378 e. The maximum atomic E-state index is 13.7. The molecular weight excluding hydrogens is 289 g/mol. The van der Waals surface area contributed by atoms with Crippen LogP contribution in [0.5, 0.6) is 0 Å². The number of nitrogens with one attached hydrogen (secondary N) is 1. The first-order chi connectivity index (χ1) is 9.48. The Labute approximate surface area is 115 Å². The van der Waals surface area contributed by atoms with Crippen molar-refractivity contribution >= 4 is 15.9 Å². The van der Waals surface area contributed by atoms with Gasteiger partial charge in [0, 0.05) is 19.8 Å². The number of ether oxygens (including phenoxy) is 1. The molecule has 20 heavy (non-hydrogen) atoms. The molecule has 0 aliphatic carbocycles. The predicted molar refractivity (Wildman–Crippen MR) is 66.8 cm³/mol. The van der Waals surface area contributed by atoms with Crippen LogP contribution in [0.25, 0.3) is 0 Å². The molecule has 1 atom stereocenters. The number of likely N-dealkylation sites (N-methyl/N-ethyl adjacent to an activating group) is 1.